The smallest absolute Gasteiger partial charge is 0.270 e. The molecule has 2 aromatic rings. The summed E-state index contributed by atoms with van der Waals surface area (Å²) in [7, 11) is -4.17. The van der Waals surface area contributed by atoms with Gasteiger partial charge in [0, 0.05) is 32.4 Å². The first-order chi connectivity index (χ1) is 11.8. The number of aromatic nitrogens is 1. The van der Waals surface area contributed by atoms with E-state index in [0.717, 1.165) is 16.4 Å². The molecule has 1 aromatic heterocycles. The number of benzene rings is 1. The molecule has 0 bridgehead atoms. The van der Waals surface area contributed by atoms with Gasteiger partial charge < -0.3 is 9.88 Å². The second kappa shape index (κ2) is 6.74. The highest BCUT2D eigenvalue weighted by molar-refractivity contribution is 7.89. The Labute approximate surface area is 148 Å². The molecule has 1 N–H and O–H groups in total. The third kappa shape index (κ3) is 3.53. The number of H-pyrrole nitrogens is 1. The number of piperazine rings is 1. The van der Waals surface area contributed by atoms with Crippen LogP contribution >= 0.6 is 11.6 Å². The van der Waals surface area contributed by atoms with Crippen molar-refractivity contribution in [3.63, 3.8) is 0 Å². The number of hydrogen-bond acceptors (Lipinski definition) is 3. The second-order valence-corrected chi connectivity index (χ2v) is 7.85. The number of carbonyl (C=O) groups excluding carboxylic acids is 1. The minimum absolute atomic E-state index is 0.0154. The Kier molecular flexibility index (Phi) is 4.81. The Morgan fingerprint density at radius 2 is 1.80 bits per heavy atom. The molecule has 1 aromatic carbocycles. The molecule has 3 rings (SSSR count). The summed E-state index contributed by atoms with van der Waals surface area (Å²) < 4.78 is 53.1. The fourth-order valence-corrected chi connectivity index (χ4v) is 4.27. The van der Waals surface area contributed by atoms with Crippen molar-refractivity contribution < 1.29 is 22.0 Å². The first-order valence-corrected chi connectivity index (χ1v) is 9.19. The van der Waals surface area contributed by atoms with Crippen molar-refractivity contribution in [3.8, 4) is 0 Å². The van der Waals surface area contributed by atoms with Crippen molar-refractivity contribution in [1.29, 1.82) is 0 Å². The predicted molar refractivity (Wildman–Crippen MR) is 86.8 cm³/mol. The van der Waals surface area contributed by atoms with E-state index in [4.69, 9.17) is 11.6 Å². The summed E-state index contributed by atoms with van der Waals surface area (Å²) in [6.07, 6.45) is 1.47. The van der Waals surface area contributed by atoms with Gasteiger partial charge in [-0.2, -0.15) is 4.31 Å². The second-order valence-electron chi connectivity index (χ2n) is 5.50. The highest BCUT2D eigenvalue weighted by Gasteiger charge is 2.32. The van der Waals surface area contributed by atoms with Gasteiger partial charge in [-0.1, -0.05) is 11.6 Å². The summed E-state index contributed by atoms with van der Waals surface area (Å²) in [6, 6.07) is 3.77. The van der Waals surface area contributed by atoms with Gasteiger partial charge in [0.2, 0.25) is 10.0 Å². The zero-order chi connectivity index (χ0) is 18.2. The lowest BCUT2D eigenvalue weighted by Gasteiger charge is -2.33. The molecular formula is C15H14ClF2N3O3S. The largest absolute Gasteiger partial charge is 0.356 e. The van der Waals surface area contributed by atoms with Crippen LogP contribution in [0.3, 0.4) is 0 Å². The zero-order valence-electron chi connectivity index (χ0n) is 12.9. The van der Waals surface area contributed by atoms with Crippen LogP contribution in [0.1, 0.15) is 10.5 Å². The highest BCUT2D eigenvalue weighted by atomic mass is 35.5. The van der Waals surface area contributed by atoms with Crippen molar-refractivity contribution in [3.05, 3.63) is 52.8 Å². The monoisotopic (exact) mass is 389 g/mol. The van der Waals surface area contributed by atoms with Crippen molar-refractivity contribution in [1.82, 2.24) is 14.2 Å². The van der Waals surface area contributed by atoms with E-state index in [0.29, 0.717) is 16.8 Å². The van der Waals surface area contributed by atoms with Gasteiger partial charge in [0.25, 0.3) is 5.91 Å². The quantitative estimate of drug-likeness (QED) is 0.873. The van der Waals surface area contributed by atoms with E-state index in [1.807, 2.05) is 0 Å². The number of halogens is 3. The maximum Gasteiger partial charge on any atom is 0.270 e. The number of carbonyl (C=O) groups is 1. The fourth-order valence-electron chi connectivity index (χ4n) is 2.61. The SMILES string of the molecule is O=C(c1cc(Cl)c[nH]1)N1CCN(S(=O)(=O)c2cc(F)ccc2F)CC1. The van der Waals surface area contributed by atoms with Crippen molar-refractivity contribution >= 4 is 27.5 Å². The van der Waals surface area contributed by atoms with Crippen LogP contribution in [-0.2, 0) is 10.0 Å². The van der Waals surface area contributed by atoms with E-state index >= 15 is 0 Å². The molecule has 6 nitrogen and oxygen atoms in total. The van der Waals surface area contributed by atoms with Gasteiger partial charge >= 0.3 is 0 Å². The summed E-state index contributed by atoms with van der Waals surface area (Å²) in [5.74, 6) is -2.15. The van der Waals surface area contributed by atoms with Crippen LogP contribution < -0.4 is 0 Å². The minimum Gasteiger partial charge on any atom is -0.356 e. The summed E-state index contributed by atoms with van der Waals surface area (Å²) in [6.45, 7) is 0.230. The molecular weight excluding hydrogens is 376 g/mol. The summed E-state index contributed by atoms with van der Waals surface area (Å²) in [5, 5.41) is 0.395. The maximum atomic E-state index is 13.8. The summed E-state index contributed by atoms with van der Waals surface area (Å²) in [4.78, 5) is 15.8. The van der Waals surface area contributed by atoms with Gasteiger partial charge in [-0.15, -0.1) is 0 Å². The molecule has 1 aliphatic heterocycles. The normalized spacial score (nSPS) is 16.2. The molecule has 1 fully saturated rings. The van der Waals surface area contributed by atoms with Crippen LogP contribution in [0.2, 0.25) is 5.02 Å². The molecule has 0 saturated carbocycles. The molecule has 25 heavy (non-hydrogen) atoms. The van der Waals surface area contributed by atoms with Gasteiger partial charge in [0.1, 0.15) is 22.2 Å². The number of amides is 1. The predicted octanol–water partition coefficient (Wildman–Crippen LogP) is 2.09. The van der Waals surface area contributed by atoms with Crippen LogP contribution in [0.25, 0.3) is 0 Å². The van der Waals surface area contributed by atoms with Crippen LogP contribution in [0, 0.1) is 11.6 Å². The fraction of sp³-hybridized carbons (Fsp3) is 0.267. The minimum atomic E-state index is -4.17. The lowest BCUT2D eigenvalue weighted by Crippen LogP contribution is -2.50. The first-order valence-electron chi connectivity index (χ1n) is 7.37. The topological polar surface area (TPSA) is 73.5 Å². The van der Waals surface area contributed by atoms with E-state index in [1.54, 1.807) is 0 Å². The Morgan fingerprint density at radius 1 is 1.12 bits per heavy atom. The van der Waals surface area contributed by atoms with Crippen molar-refractivity contribution in [2.24, 2.45) is 0 Å². The van der Waals surface area contributed by atoms with Crippen LogP contribution in [0.5, 0.6) is 0 Å². The number of nitrogens with zero attached hydrogens (tertiary/aromatic N) is 2. The Hall–Kier alpha value is -1.97. The van der Waals surface area contributed by atoms with Gasteiger partial charge in [-0.25, -0.2) is 17.2 Å². The maximum absolute atomic E-state index is 13.8. The molecule has 0 radical (unpaired) electrons. The molecule has 1 aliphatic rings. The number of rotatable bonds is 3. The van der Waals surface area contributed by atoms with Gasteiger partial charge in [0.15, 0.2) is 0 Å². The van der Waals surface area contributed by atoms with E-state index < -0.39 is 26.6 Å². The highest BCUT2D eigenvalue weighted by Crippen LogP contribution is 2.22. The van der Waals surface area contributed by atoms with Crippen LogP contribution in [-0.4, -0.2) is 54.7 Å². The molecule has 0 spiro atoms. The van der Waals surface area contributed by atoms with E-state index in [2.05, 4.69) is 4.98 Å². The molecule has 0 aliphatic carbocycles. The Balaban J connectivity index is 1.73. The standard InChI is InChI=1S/C15H14ClF2N3O3S/c16-10-7-13(19-9-10)15(22)20-3-5-21(6-4-20)25(23,24)14-8-11(17)1-2-12(14)18/h1-2,7-9,19H,3-6H2. The molecule has 2 heterocycles. The number of aromatic amines is 1. The lowest BCUT2D eigenvalue weighted by atomic mass is 10.3. The molecule has 0 unspecified atom stereocenters. The average Bonchev–Trinajstić information content (AvgIpc) is 3.03. The Morgan fingerprint density at radius 3 is 2.40 bits per heavy atom. The molecule has 10 heteroatoms. The third-order valence-corrected chi connectivity index (χ3v) is 6.05. The van der Waals surface area contributed by atoms with Crippen molar-refractivity contribution in [2.75, 3.05) is 26.2 Å². The average molecular weight is 390 g/mol. The molecule has 1 amide bonds. The van der Waals surface area contributed by atoms with Crippen LogP contribution in [0.15, 0.2) is 35.4 Å². The lowest BCUT2D eigenvalue weighted by molar-refractivity contribution is 0.0692. The number of hydrogen-bond donors (Lipinski definition) is 1. The van der Waals surface area contributed by atoms with Gasteiger partial charge in [-0.3, -0.25) is 4.79 Å². The van der Waals surface area contributed by atoms with Gasteiger partial charge in [0.05, 0.1) is 5.02 Å². The third-order valence-electron chi connectivity index (χ3n) is 3.92. The summed E-state index contributed by atoms with van der Waals surface area (Å²) in [5.41, 5.74) is 0.303. The van der Waals surface area contributed by atoms with Crippen molar-refractivity contribution in [2.45, 2.75) is 4.90 Å². The Bertz CT molecular complexity index is 908. The van der Waals surface area contributed by atoms with Crippen LogP contribution in [0.4, 0.5) is 8.78 Å². The summed E-state index contributed by atoms with van der Waals surface area (Å²) >= 11 is 5.77. The molecule has 134 valence electrons. The zero-order valence-corrected chi connectivity index (χ0v) is 14.4. The van der Waals surface area contributed by atoms with Gasteiger partial charge in [-0.05, 0) is 24.3 Å². The first kappa shape index (κ1) is 17.8. The number of sulfonamides is 1. The van der Waals surface area contributed by atoms with E-state index in [9.17, 15) is 22.0 Å². The molecule has 0 atom stereocenters. The molecule has 1 saturated heterocycles. The van der Waals surface area contributed by atoms with E-state index in [-0.39, 0.29) is 32.1 Å². The van der Waals surface area contributed by atoms with E-state index in [1.165, 1.54) is 17.2 Å². The number of nitrogens with one attached hydrogen (secondary N) is 1.